The van der Waals surface area contributed by atoms with Crippen LogP contribution in [0, 0.1) is 5.41 Å². The molecular weight excluding hydrogens is 214 g/mol. The Morgan fingerprint density at radius 3 is 2.82 bits per heavy atom. The van der Waals surface area contributed by atoms with E-state index in [1.807, 2.05) is 30.3 Å². The first kappa shape index (κ1) is 9.77. The van der Waals surface area contributed by atoms with Crippen molar-refractivity contribution in [1.29, 1.82) is 5.41 Å². The maximum atomic E-state index is 7.84. The SMILES string of the molecule is N=c1ncc2[nH]cnc2n1Cc1ccccc1. The molecule has 84 valence electrons. The summed E-state index contributed by atoms with van der Waals surface area (Å²) in [5.74, 6) is 0. The lowest BCUT2D eigenvalue weighted by atomic mass is 10.2. The van der Waals surface area contributed by atoms with Crippen LogP contribution < -0.4 is 5.62 Å². The Labute approximate surface area is 97.3 Å². The highest BCUT2D eigenvalue weighted by Gasteiger charge is 2.04. The molecule has 2 aromatic heterocycles. The Morgan fingerprint density at radius 2 is 2.00 bits per heavy atom. The second kappa shape index (κ2) is 3.86. The van der Waals surface area contributed by atoms with Crippen LogP contribution in [0.15, 0.2) is 42.9 Å². The van der Waals surface area contributed by atoms with E-state index in [9.17, 15) is 0 Å². The van der Waals surface area contributed by atoms with Gasteiger partial charge in [0.15, 0.2) is 5.65 Å². The van der Waals surface area contributed by atoms with Crippen LogP contribution in [-0.4, -0.2) is 19.5 Å². The molecule has 1 aromatic carbocycles. The molecule has 0 radical (unpaired) electrons. The van der Waals surface area contributed by atoms with Gasteiger partial charge in [0.05, 0.1) is 19.1 Å². The van der Waals surface area contributed by atoms with E-state index in [-0.39, 0.29) is 5.62 Å². The van der Waals surface area contributed by atoms with Gasteiger partial charge in [-0.05, 0) is 5.56 Å². The van der Waals surface area contributed by atoms with Gasteiger partial charge in [-0.1, -0.05) is 30.3 Å². The summed E-state index contributed by atoms with van der Waals surface area (Å²) in [6.45, 7) is 0.606. The lowest BCUT2D eigenvalue weighted by Crippen LogP contribution is -2.23. The number of H-pyrrole nitrogens is 1. The first-order valence-electron chi connectivity index (χ1n) is 5.32. The highest BCUT2D eigenvalue weighted by atomic mass is 15.1. The molecule has 0 atom stereocenters. The van der Waals surface area contributed by atoms with Crippen molar-refractivity contribution in [3.05, 3.63) is 54.0 Å². The molecule has 0 bridgehead atoms. The molecule has 17 heavy (non-hydrogen) atoms. The predicted molar refractivity (Wildman–Crippen MR) is 63.3 cm³/mol. The number of hydrogen-bond donors (Lipinski definition) is 2. The van der Waals surface area contributed by atoms with Crippen molar-refractivity contribution in [3.63, 3.8) is 0 Å². The summed E-state index contributed by atoms with van der Waals surface area (Å²) in [7, 11) is 0. The maximum absolute atomic E-state index is 7.84. The van der Waals surface area contributed by atoms with Crippen molar-refractivity contribution < 1.29 is 0 Å². The van der Waals surface area contributed by atoms with Crippen molar-refractivity contribution in [2.24, 2.45) is 0 Å². The van der Waals surface area contributed by atoms with E-state index in [1.165, 1.54) is 0 Å². The fourth-order valence-electron chi connectivity index (χ4n) is 1.82. The summed E-state index contributed by atoms with van der Waals surface area (Å²) in [6, 6.07) is 9.99. The molecule has 0 saturated heterocycles. The molecule has 2 heterocycles. The average Bonchev–Trinajstić information content (AvgIpc) is 2.83. The van der Waals surface area contributed by atoms with Gasteiger partial charge in [-0.25, -0.2) is 9.97 Å². The van der Waals surface area contributed by atoms with Crippen molar-refractivity contribution >= 4 is 11.2 Å². The van der Waals surface area contributed by atoms with Crippen LogP contribution in [0.5, 0.6) is 0 Å². The number of aromatic amines is 1. The molecule has 0 aliphatic rings. The Kier molecular flexibility index (Phi) is 2.22. The number of nitrogens with zero attached hydrogens (tertiary/aromatic N) is 3. The monoisotopic (exact) mass is 225 g/mol. The molecule has 2 N–H and O–H groups in total. The second-order valence-corrected chi connectivity index (χ2v) is 3.79. The zero-order chi connectivity index (χ0) is 11.7. The first-order chi connectivity index (χ1) is 8.34. The molecule has 3 rings (SSSR count). The number of nitrogens with one attached hydrogen (secondary N) is 2. The van der Waals surface area contributed by atoms with Gasteiger partial charge in [-0.15, -0.1) is 0 Å². The zero-order valence-corrected chi connectivity index (χ0v) is 9.09. The normalized spacial score (nSPS) is 10.8. The quantitative estimate of drug-likeness (QED) is 0.689. The van der Waals surface area contributed by atoms with E-state index < -0.39 is 0 Å². The number of rotatable bonds is 2. The lowest BCUT2D eigenvalue weighted by Gasteiger charge is -2.06. The van der Waals surface area contributed by atoms with Crippen molar-refractivity contribution in [1.82, 2.24) is 19.5 Å². The first-order valence-corrected chi connectivity index (χ1v) is 5.32. The zero-order valence-electron chi connectivity index (χ0n) is 9.09. The van der Waals surface area contributed by atoms with E-state index in [0.717, 1.165) is 16.7 Å². The number of benzene rings is 1. The van der Waals surface area contributed by atoms with E-state index in [1.54, 1.807) is 17.1 Å². The molecule has 0 saturated carbocycles. The molecule has 0 aliphatic carbocycles. The number of imidazole rings is 1. The average molecular weight is 225 g/mol. The van der Waals surface area contributed by atoms with Gasteiger partial charge in [0, 0.05) is 0 Å². The smallest absolute Gasteiger partial charge is 0.223 e. The van der Waals surface area contributed by atoms with Crippen LogP contribution in [0.4, 0.5) is 0 Å². The molecule has 5 heteroatoms. The molecular formula is C12H11N5. The summed E-state index contributed by atoms with van der Waals surface area (Å²) < 4.78 is 1.78. The third-order valence-corrected chi connectivity index (χ3v) is 2.66. The van der Waals surface area contributed by atoms with Gasteiger partial charge in [0.25, 0.3) is 0 Å². The minimum absolute atomic E-state index is 0.216. The minimum atomic E-state index is 0.216. The predicted octanol–water partition coefficient (Wildman–Crippen LogP) is 1.29. The number of fused-ring (bicyclic) bond motifs is 1. The van der Waals surface area contributed by atoms with E-state index in [4.69, 9.17) is 5.41 Å². The highest BCUT2D eigenvalue weighted by molar-refractivity contribution is 5.68. The van der Waals surface area contributed by atoms with Gasteiger partial charge in [0.2, 0.25) is 5.62 Å². The molecule has 3 aromatic rings. The molecule has 5 nitrogen and oxygen atoms in total. The fourth-order valence-corrected chi connectivity index (χ4v) is 1.82. The number of hydrogen-bond acceptors (Lipinski definition) is 3. The summed E-state index contributed by atoms with van der Waals surface area (Å²) in [4.78, 5) is 11.3. The highest BCUT2D eigenvalue weighted by Crippen LogP contribution is 2.07. The Balaban J connectivity index is 2.14. The van der Waals surface area contributed by atoms with Crippen molar-refractivity contribution in [2.45, 2.75) is 6.54 Å². The van der Waals surface area contributed by atoms with Gasteiger partial charge in [-0.2, -0.15) is 0 Å². The van der Waals surface area contributed by atoms with Gasteiger partial charge in [-0.3, -0.25) is 9.98 Å². The second-order valence-electron chi connectivity index (χ2n) is 3.79. The Morgan fingerprint density at radius 1 is 1.18 bits per heavy atom. The van der Waals surface area contributed by atoms with E-state index in [2.05, 4.69) is 15.0 Å². The number of aromatic nitrogens is 4. The van der Waals surface area contributed by atoms with Crippen LogP contribution in [0.1, 0.15) is 5.56 Å². The van der Waals surface area contributed by atoms with Gasteiger partial charge >= 0.3 is 0 Å². The summed E-state index contributed by atoms with van der Waals surface area (Å²) in [5, 5.41) is 7.84. The van der Waals surface area contributed by atoms with Crippen LogP contribution in [0.25, 0.3) is 11.2 Å². The van der Waals surface area contributed by atoms with E-state index >= 15 is 0 Å². The summed E-state index contributed by atoms with van der Waals surface area (Å²) in [6.07, 6.45) is 3.25. The molecule has 0 fully saturated rings. The van der Waals surface area contributed by atoms with E-state index in [0.29, 0.717) is 6.54 Å². The third-order valence-electron chi connectivity index (χ3n) is 2.66. The molecule has 0 aliphatic heterocycles. The molecule has 0 unspecified atom stereocenters. The van der Waals surface area contributed by atoms with Crippen molar-refractivity contribution in [3.8, 4) is 0 Å². The topological polar surface area (TPSA) is 70.3 Å². The van der Waals surface area contributed by atoms with Crippen LogP contribution in [-0.2, 0) is 6.54 Å². The van der Waals surface area contributed by atoms with Gasteiger partial charge in [0.1, 0.15) is 5.52 Å². The minimum Gasteiger partial charge on any atom is -0.342 e. The van der Waals surface area contributed by atoms with Crippen LogP contribution >= 0.6 is 0 Å². The molecule has 0 amide bonds. The summed E-state index contributed by atoms with van der Waals surface area (Å²) >= 11 is 0. The standard InChI is InChI=1S/C12H11N5/c13-12-14-6-10-11(16-8-15-10)17(12)7-9-4-2-1-3-5-9/h1-6,8,13H,7H2,(H,15,16). The Bertz CT molecular complexity index is 695. The third kappa shape index (κ3) is 1.71. The van der Waals surface area contributed by atoms with Crippen molar-refractivity contribution in [2.75, 3.05) is 0 Å². The summed E-state index contributed by atoms with van der Waals surface area (Å²) in [5.41, 5.74) is 2.95. The largest absolute Gasteiger partial charge is 0.342 e. The maximum Gasteiger partial charge on any atom is 0.223 e. The van der Waals surface area contributed by atoms with Crippen LogP contribution in [0.2, 0.25) is 0 Å². The molecule has 0 spiro atoms. The van der Waals surface area contributed by atoms with Crippen LogP contribution in [0.3, 0.4) is 0 Å². The lowest BCUT2D eigenvalue weighted by molar-refractivity contribution is 0.718. The fraction of sp³-hybridized carbons (Fsp3) is 0.0833. The van der Waals surface area contributed by atoms with Gasteiger partial charge < -0.3 is 4.98 Å². The Hall–Kier alpha value is -2.43.